The molecule has 3 rings (SSSR count). The van der Waals surface area contributed by atoms with Gasteiger partial charge in [-0.2, -0.15) is 0 Å². The number of carbonyl (C=O) groups is 2. The Labute approximate surface area is 142 Å². The SMILES string of the molecule is CN1C[C@@H](C(=O)NCCOc2cccc3c2OC(C)(C)C3)CC1=O. The Kier molecular flexibility index (Phi) is 4.39. The number of benzene rings is 1. The minimum Gasteiger partial charge on any atom is -0.488 e. The molecule has 2 heterocycles. The summed E-state index contributed by atoms with van der Waals surface area (Å²) < 4.78 is 11.7. The fourth-order valence-corrected chi connectivity index (χ4v) is 3.22. The molecule has 0 aliphatic carbocycles. The van der Waals surface area contributed by atoms with Crippen LogP contribution in [0.25, 0.3) is 0 Å². The predicted molar refractivity (Wildman–Crippen MR) is 89.1 cm³/mol. The van der Waals surface area contributed by atoms with E-state index in [1.54, 1.807) is 11.9 Å². The standard InChI is InChI=1S/C18H24N2O4/c1-18(2)10-12-5-4-6-14(16(12)24-18)23-8-7-19-17(22)13-9-15(21)20(3)11-13/h4-6,13H,7-11H2,1-3H3,(H,19,22)/t13-/m0/s1. The van der Waals surface area contributed by atoms with Crippen LogP contribution in [0, 0.1) is 5.92 Å². The summed E-state index contributed by atoms with van der Waals surface area (Å²) in [5, 5.41) is 2.84. The highest BCUT2D eigenvalue weighted by Gasteiger charge is 2.33. The van der Waals surface area contributed by atoms with E-state index in [-0.39, 0.29) is 29.8 Å². The van der Waals surface area contributed by atoms with Crippen LogP contribution in [0.3, 0.4) is 0 Å². The summed E-state index contributed by atoms with van der Waals surface area (Å²) in [6.45, 7) is 5.36. The van der Waals surface area contributed by atoms with E-state index in [1.165, 1.54) is 0 Å². The molecule has 0 spiro atoms. The van der Waals surface area contributed by atoms with Crippen LogP contribution in [0.15, 0.2) is 18.2 Å². The lowest BCUT2D eigenvalue weighted by Gasteiger charge is -2.18. The molecular weight excluding hydrogens is 308 g/mol. The van der Waals surface area contributed by atoms with Crippen molar-refractivity contribution in [1.29, 1.82) is 0 Å². The fourth-order valence-electron chi connectivity index (χ4n) is 3.22. The van der Waals surface area contributed by atoms with E-state index >= 15 is 0 Å². The predicted octanol–water partition coefficient (Wildman–Crippen LogP) is 1.37. The van der Waals surface area contributed by atoms with Crippen LogP contribution in [-0.2, 0) is 16.0 Å². The van der Waals surface area contributed by atoms with Crippen molar-refractivity contribution in [1.82, 2.24) is 10.2 Å². The normalized spacial score (nSPS) is 21.4. The Morgan fingerprint density at radius 1 is 1.46 bits per heavy atom. The fraction of sp³-hybridized carbons (Fsp3) is 0.556. The lowest BCUT2D eigenvalue weighted by Crippen LogP contribution is -2.34. The van der Waals surface area contributed by atoms with Crippen molar-refractivity contribution in [3.8, 4) is 11.5 Å². The van der Waals surface area contributed by atoms with Crippen molar-refractivity contribution in [2.45, 2.75) is 32.3 Å². The van der Waals surface area contributed by atoms with Crippen LogP contribution in [0.1, 0.15) is 25.8 Å². The molecule has 0 radical (unpaired) electrons. The molecule has 1 N–H and O–H groups in total. The molecule has 0 bridgehead atoms. The number of nitrogens with one attached hydrogen (secondary N) is 1. The number of ether oxygens (including phenoxy) is 2. The van der Waals surface area contributed by atoms with Crippen LogP contribution < -0.4 is 14.8 Å². The number of rotatable bonds is 5. The minimum absolute atomic E-state index is 0.0195. The number of likely N-dealkylation sites (tertiary alicyclic amines) is 1. The van der Waals surface area contributed by atoms with Crippen LogP contribution in [0.2, 0.25) is 0 Å². The first-order valence-electron chi connectivity index (χ1n) is 8.31. The molecule has 24 heavy (non-hydrogen) atoms. The summed E-state index contributed by atoms with van der Waals surface area (Å²) in [6.07, 6.45) is 1.15. The van der Waals surface area contributed by atoms with E-state index in [1.807, 2.05) is 18.2 Å². The van der Waals surface area contributed by atoms with Crippen molar-refractivity contribution < 1.29 is 19.1 Å². The molecule has 1 aromatic carbocycles. The maximum absolute atomic E-state index is 12.0. The van der Waals surface area contributed by atoms with Crippen LogP contribution in [-0.4, -0.2) is 49.1 Å². The Morgan fingerprint density at radius 2 is 2.25 bits per heavy atom. The zero-order chi connectivity index (χ0) is 17.3. The Morgan fingerprint density at radius 3 is 2.96 bits per heavy atom. The second kappa shape index (κ2) is 6.34. The van der Waals surface area contributed by atoms with Crippen molar-refractivity contribution in [2.75, 3.05) is 26.7 Å². The molecule has 6 heteroatoms. The third-order valence-corrected chi connectivity index (χ3v) is 4.43. The maximum atomic E-state index is 12.0. The summed E-state index contributed by atoms with van der Waals surface area (Å²) in [6, 6.07) is 5.89. The molecule has 1 saturated heterocycles. The topological polar surface area (TPSA) is 67.9 Å². The van der Waals surface area contributed by atoms with Gasteiger partial charge in [0.2, 0.25) is 11.8 Å². The van der Waals surface area contributed by atoms with Gasteiger partial charge in [0, 0.05) is 32.0 Å². The first-order chi connectivity index (χ1) is 11.4. The van der Waals surface area contributed by atoms with Crippen molar-refractivity contribution in [2.24, 2.45) is 5.92 Å². The molecule has 0 aromatic heterocycles. The lowest BCUT2D eigenvalue weighted by molar-refractivity contribution is -0.128. The summed E-state index contributed by atoms with van der Waals surface area (Å²) in [4.78, 5) is 25.1. The summed E-state index contributed by atoms with van der Waals surface area (Å²) >= 11 is 0. The molecule has 130 valence electrons. The van der Waals surface area contributed by atoms with Crippen LogP contribution in [0.4, 0.5) is 0 Å². The van der Waals surface area contributed by atoms with E-state index in [4.69, 9.17) is 9.47 Å². The molecule has 6 nitrogen and oxygen atoms in total. The molecule has 1 fully saturated rings. The number of carbonyl (C=O) groups excluding carboxylic acids is 2. The Hall–Kier alpha value is -2.24. The second-order valence-electron chi connectivity index (χ2n) is 7.10. The van der Waals surface area contributed by atoms with Crippen molar-refractivity contribution >= 4 is 11.8 Å². The van der Waals surface area contributed by atoms with Gasteiger partial charge in [-0.25, -0.2) is 0 Å². The third kappa shape index (κ3) is 3.47. The zero-order valence-electron chi connectivity index (χ0n) is 14.4. The molecule has 0 unspecified atom stereocenters. The molecule has 2 aliphatic rings. The summed E-state index contributed by atoms with van der Waals surface area (Å²) in [5.74, 6) is 1.19. The van der Waals surface area contributed by atoms with Gasteiger partial charge in [-0.1, -0.05) is 12.1 Å². The van der Waals surface area contributed by atoms with Gasteiger partial charge in [0.25, 0.3) is 0 Å². The van der Waals surface area contributed by atoms with Gasteiger partial charge >= 0.3 is 0 Å². The van der Waals surface area contributed by atoms with Gasteiger partial charge in [-0.15, -0.1) is 0 Å². The molecule has 2 amide bonds. The van der Waals surface area contributed by atoms with Gasteiger partial charge < -0.3 is 19.7 Å². The zero-order valence-corrected chi connectivity index (χ0v) is 14.4. The number of hydrogen-bond acceptors (Lipinski definition) is 4. The van der Waals surface area contributed by atoms with Gasteiger partial charge in [0.15, 0.2) is 11.5 Å². The molecule has 1 aromatic rings. The molecule has 1 atom stereocenters. The number of para-hydroxylation sites is 1. The number of fused-ring (bicyclic) bond motifs is 1. The Bertz CT molecular complexity index is 656. The van der Waals surface area contributed by atoms with Gasteiger partial charge in [-0.05, 0) is 19.9 Å². The quantitative estimate of drug-likeness (QED) is 0.827. The number of hydrogen-bond donors (Lipinski definition) is 1. The van der Waals surface area contributed by atoms with Gasteiger partial charge in [-0.3, -0.25) is 9.59 Å². The van der Waals surface area contributed by atoms with E-state index < -0.39 is 0 Å². The smallest absolute Gasteiger partial charge is 0.225 e. The molecular formula is C18H24N2O4. The van der Waals surface area contributed by atoms with E-state index in [2.05, 4.69) is 19.2 Å². The first-order valence-corrected chi connectivity index (χ1v) is 8.31. The Balaban J connectivity index is 1.48. The number of amides is 2. The average Bonchev–Trinajstić information content (AvgIpc) is 3.02. The van der Waals surface area contributed by atoms with E-state index in [0.29, 0.717) is 25.4 Å². The highest BCUT2D eigenvalue weighted by Crippen LogP contribution is 2.41. The average molecular weight is 332 g/mol. The van der Waals surface area contributed by atoms with Crippen LogP contribution >= 0.6 is 0 Å². The molecule has 0 saturated carbocycles. The minimum atomic E-state index is -0.257. The highest BCUT2D eigenvalue weighted by atomic mass is 16.5. The maximum Gasteiger partial charge on any atom is 0.225 e. The highest BCUT2D eigenvalue weighted by molar-refractivity contribution is 5.89. The lowest BCUT2D eigenvalue weighted by atomic mass is 10.0. The van der Waals surface area contributed by atoms with Gasteiger partial charge in [0.05, 0.1) is 12.5 Å². The van der Waals surface area contributed by atoms with Crippen LogP contribution in [0.5, 0.6) is 11.5 Å². The second-order valence-corrected chi connectivity index (χ2v) is 7.10. The third-order valence-electron chi connectivity index (χ3n) is 4.43. The molecule has 2 aliphatic heterocycles. The largest absolute Gasteiger partial charge is 0.488 e. The van der Waals surface area contributed by atoms with Gasteiger partial charge in [0.1, 0.15) is 12.2 Å². The van der Waals surface area contributed by atoms with E-state index in [0.717, 1.165) is 17.7 Å². The summed E-state index contributed by atoms with van der Waals surface area (Å²) in [5.41, 5.74) is 0.936. The monoisotopic (exact) mass is 332 g/mol. The number of nitrogens with zero attached hydrogens (tertiary/aromatic N) is 1. The van der Waals surface area contributed by atoms with E-state index in [9.17, 15) is 9.59 Å². The first kappa shape index (κ1) is 16.6. The summed E-state index contributed by atoms with van der Waals surface area (Å²) in [7, 11) is 1.72. The van der Waals surface area contributed by atoms with Crippen molar-refractivity contribution in [3.05, 3.63) is 23.8 Å². The van der Waals surface area contributed by atoms with Crippen molar-refractivity contribution in [3.63, 3.8) is 0 Å².